The van der Waals surface area contributed by atoms with Gasteiger partial charge in [0.05, 0.1) is 16.9 Å². The van der Waals surface area contributed by atoms with Crippen LogP contribution in [-0.2, 0) is 4.84 Å². The summed E-state index contributed by atoms with van der Waals surface area (Å²) in [7, 11) is 1.41. The average Bonchev–Trinajstić information content (AvgIpc) is 2.42. The molecule has 2 aromatic rings. The van der Waals surface area contributed by atoms with Crippen molar-refractivity contribution in [1.29, 1.82) is 0 Å². The SMILES string of the molecule is CON=Cc1c(N)ncnc1Oc1ccc(N)c(Cl)c1. The number of halogens is 1. The van der Waals surface area contributed by atoms with Crippen molar-refractivity contribution in [3.05, 3.63) is 35.1 Å². The summed E-state index contributed by atoms with van der Waals surface area (Å²) in [6.07, 6.45) is 2.65. The molecular weight excluding hydrogens is 282 g/mol. The monoisotopic (exact) mass is 293 g/mol. The first-order valence-corrected chi connectivity index (χ1v) is 5.89. The van der Waals surface area contributed by atoms with Gasteiger partial charge in [-0.25, -0.2) is 9.97 Å². The summed E-state index contributed by atoms with van der Waals surface area (Å²) in [5.74, 6) is 0.922. The summed E-state index contributed by atoms with van der Waals surface area (Å²) < 4.78 is 5.61. The fourth-order valence-corrected chi connectivity index (χ4v) is 1.55. The number of nitrogens with two attached hydrogens (primary N) is 2. The standard InChI is InChI=1S/C12H12ClN5O2/c1-19-18-5-8-11(15)16-6-17-12(8)20-7-2-3-10(14)9(13)4-7/h2-6H,14H2,1H3,(H2,15,16,17). The number of hydrogen-bond donors (Lipinski definition) is 2. The van der Waals surface area contributed by atoms with Gasteiger partial charge in [-0.2, -0.15) is 0 Å². The van der Waals surface area contributed by atoms with E-state index in [-0.39, 0.29) is 11.7 Å². The van der Waals surface area contributed by atoms with Crippen molar-refractivity contribution in [2.24, 2.45) is 5.16 Å². The third-order valence-corrected chi connectivity index (χ3v) is 2.68. The molecule has 0 unspecified atom stereocenters. The van der Waals surface area contributed by atoms with Gasteiger partial charge in [-0.3, -0.25) is 0 Å². The number of aromatic nitrogens is 2. The van der Waals surface area contributed by atoms with Gasteiger partial charge in [0.2, 0.25) is 5.88 Å². The van der Waals surface area contributed by atoms with Gasteiger partial charge < -0.3 is 21.0 Å². The molecule has 7 nitrogen and oxygen atoms in total. The maximum atomic E-state index is 5.93. The fraction of sp³-hybridized carbons (Fsp3) is 0.0833. The normalized spacial score (nSPS) is 10.7. The molecule has 0 aliphatic heterocycles. The van der Waals surface area contributed by atoms with Gasteiger partial charge in [-0.1, -0.05) is 16.8 Å². The Bertz CT molecular complexity index is 648. The Morgan fingerprint density at radius 2 is 2.10 bits per heavy atom. The molecule has 4 N–H and O–H groups in total. The second-order valence-corrected chi connectivity index (χ2v) is 4.09. The van der Waals surface area contributed by atoms with E-state index in [2.05, 4.69) is 20.0 Å². The van der Waals surface area contributed by atoms with E-state index < -0.39 is 0 Å². The number of rotatable bonds is 4. The first kappa shape index (κ1) is 13.9. The van der Waals surface area contributed by atoms with Crippen LogP contribution in [0.2, 0.25) is 5.02 Å². The van der Waals surface area contributed by atoms with Crippen molar-refractivity contribution in [1.82, 2.24) is 9.97 Å². The molecule has 0 radical (unpaired) electrons. The average molecular weight is 294 g/mol. The summed E-state index contributed by atoms with van der Waals surface area (Å²) in [5.41, 5.74) is 12.2. The molecule has 0 aliphatic carbocycles. The maximum Gasteiger partial charge on any atom is 0.233 e. The molecule has 0 saturated heterocycles. The number of anilines is 2. The van der Waals surface area contributed by atoms with E-state index in [1.54, 1.807) is 18.2 Å². The molecule has 0 amide bonds. The van der Waals surface area contributed by atoms with Crippen molar-refractivity contribution >= 4 is 29.3 Å². The van der Waals surface area contributed by atoms with Crippen LogP contribution in [0.5, 0.6) is 11.6 Å². The van der Waals surface area contributed by atoms with Gasteiger partial charge in [0.25, 0.3) is 0 Å². The van der Waals surface area contributed by atoms with Crippen LogP contribution >= 0.6 is 11.6 Å². The largest absolute Gasteiger partial charge is 0.438 e. The number of hydrogen-bond acceptors (Lipinski definition) is 7. The molecule has 0 atom stereocenters. The van der Waals surface area contributed by atoms with Gasteiger partial charge in [0, 0.05) is 6.07 Å². The molecule has 20 heavy (non-hydrogen) atoms. The molecule has 1 heterocycles. The van der Waals surface area contributed by atoms with Crippen LogP contribution in [0.4, 0.5) is 11.5 Å². The first-order valence-electron chi connectivity index (χ1n) is 5.51. The van der Waals surface area contributed by atoms with Crippen molar-refractivity contribution in [2.75, 3.05) is 18.6 Å². The van der Waals surface area contributed by atoms with Crippen LogP contribution < -0.4 is 16.2 Å². The Morgan fingerprint density at radius 1 is 1.30 bits per heavy atom. The van der Waals surface area contributed by atoms with E-state index in [0.717, 1.165) is 0 Å². The van der Waals surface area contributed by atoms with E-state index in [0.29, 0.717) is 22.0 Å². The lowest BCUT2D eigenvalue weighted by Gasteiger charge is -2.09. The van der Waals surface area contributed by atoms with E-state index in [9.17, 15) is 0 Å². The third kappa shape index (κ3) is 3.07. The number of nitrogens with zero attached hydrogens (tertiary/aromatic N) is 3. The van der Waals surface area contributed by atoms with Crippen molar-refractivity contribution < 1.29 is 9.57 Å². The second kappa shape index (κ2) is 6.07. The smallest absolute Gasteiger partial charge is 0.233 e. The quantitative estimate of drug-likeness (QED) is 0.507. The lowest BCUT2D eigenvalue weighted by Crippen LogP contribution is -2.02. The highest BCUT2D eigenvalue weighted by Crippen LogP contribution is 2.29. The second-order valence-electron chi connectivity index (χ2n) is 3.68. The van der Waals surface area contributed by atoms with Crippen LogP contribution in [-0.4, -0.2) is 23.3 Å². The van der Waals surface area contributed by atoms with Gasteiger partial charge >= 0.3 is 0 Å². The van der Waals surface area contributed by atoms with Crippen molar-refractivity contribution in [3.8, 4) is 11.6 Å². The van der Waals surface area contributed by atoms with Crippen LogP contribution in [0.3, 0.4) is 0 Å². The van der Waals surface area contributed by atoms with Gasteiger partial charge in [0.15, 0.2) is 0 Å². The molecule has 0 bridgehead atoms. The van der Waals surface area contributed by atoms with E-state index in [1.165, 1.54) is 19.7 Å². The Morgan fingerprint density at radius 3 is 2.80 bits per heavy atom. The highest BCUT2D eigenvalue weighted by molar-refractivity contribution is 6.33. The van der Waals surface area contributed by atoms with E-state index in [4.69, 9.17) is 27.8 Å². The summed E-state index contributed by atoms with van der Waals surface area (Å²) >= 11 is 5.93. The molecule has 0 spiro atoms. The zero-order valence-corrected chi connectivity index (χ0v) is 11.3. The third-order valence-electron chi connectivity index (χ3n) is 2.35. The number of benzene rings is 1. The first-order chi connectivity index (χ1) is 9.61. The Balaban J connectivity index is 2.35. The molecule has 8 heteroatoms. The molecule has 0 saturated carbocycles. The van der Waals surface area contributed by atoms with E-state index in [1.807, 2.05) is 0 Å². The zero-order valence-electron chi connectivity index (χ0n) is 10.6. The summed E-state index contributed by atoms with van der Waals surface area (Å²) in [5, 5.41) is 4.01. The Kier molecular flexibility index (Phi) is 4.21. The fourth-order valence-electron chi connectivity index (χ4n) is 1.38. The predicted molar refractivity (Wildman–Crippen MR) is 77.0 cm³/mol. The minimum absolute atomic E-state index is 0.220. The van der Waals surface area contributed by atoms with Gasteiger partial charge in [0.1, 0.15) is 30.6 Å². The molecule has 0 aliphatic rings. The van der Waals surface area contributed by atoms with Gasteiger partial charge in [-0.05, 0) is 12.1 Å². The molecule has 1 aromatic carbocycles. The predicted octanol–water partition coefficient (Wildman–Crippen LogP) is 2.07. The molecule has 2 rings (SSSR count). The highest BCUT2D eigenvalue weighted by Gasteiger charge is 2.10. The zero-order chi connectivity index (χ0) is 14.5. The minimum atomic E-state index is 0.220. The van der Waals surface area contributed by atoms with Crippen LogP contribution in [0.25, 0.3) is 0 Å². The summed E-state index contributed by atoms with van der Waals surface area (Å²) in [6.45, 7) is 0. The Labute approximate surface area is 120 Å². The lowest BCUT2D eigenvalue weighted by atomic mass is 10.3. The van der Waals surface area contributed by atoms with Crippen LogP contribution in [0.1, 0.15) is 5.56 Å². The van der Waals surface area contributed by atoms with Crippen LogP contribution in [0.15, 0.2) is 29.7 Å². The van der Waals surface area contributed by atoms with Crippen molar-refractivity contribution in [2.45, 2.75) is 0 Å². The molecule has 0 fully saturated rings. The lowest BCUT2D eigenvalue weighted by molar-refractivity contribution is 0.215. The topological polar surface area (TPSA) is 109 Å². The summed E-state index contributed by atoms with van der Waals surface area (Å²) in [6, 6.07) is 4.87. The number of oxime groups is 1. The highest BCUT2D eigenvalue weighted by atomic mass is 35.5. The van der Waals surface area contributed by atoms with E-state index >= 15 is 0 Å². The van der Waals surface area contributed by atoms with Crippen LogP contribution in [0, 0.1) is 0 Å². The number of nitrogen functional groups attached to an aromatic ring is 2. The summed E-state index contributed by atoms with van der Waals surface area (Å²) in [4.78, 5) is 12.5. The molecule has 104 valence electrons. The molecular formula is C12H12ClN5O2. The van der Waals surface area contributed by atoms with Crippen molar-refractivity contribution in [3.63, 3.8) is 0 Å². The van der Waals surface area contributed by atoms with Gasteiger partial charge in [-0.15, -0.1) is 0 Å². The minimum Gasteiger partial charge on any atom is -0.438 e. The Hall–Kier alpha value is -2.54. The number of ether oxygens (including phenoxy) is 1. The molecule has 1 aromatic heterocycles. The maximum absolute atomic E-state index is 5.93.